The largest absolute Gasteiger partial charge is 0.359 e. The maximum Gasteiger partial charge on any atom is 0.220 e. The van der Waals surface area contributed by atoms with Gasteiger partial charge in [-0.25, -0.2) is 9.97 Å². The van der Waals surface area contributed by atoms with Crippen molar-refractivity contribution in [2.24, 2.45) is 0 Å². The predicted octanol–water partition coefficient (Wildman–Crippen LogP) is 1.19. The Morgan fingerprint density at radius 3 is 2.86 bits per heavy atom. The van der Waals surface area contributed by atoms with Crippen LogP contribution in [0.4, 0.5) is 0 Å². The highest BCUT2D eigenvalue weighted by atomic mass is 16.2. The molecular weight excluding hydrogens is 280 g/mol. The number of aromatic nitrogens is 2. The molecule has 1 saturated heterocycles. The second-order valence-corrected chi connectivity index (χ2v) is 5.84. The summed E-state index contributed by atoms with van der Waals surface area (Å²) in [5.41, 5.74) is 1.81. The van der Waals surface area contributed by atoms with Crippen molar-refractivity contribution in [3.63, 3.8) is 0 Å². The van der Waals surface area contributed by atoms with Crippen molar-refractivity contribution in [3.05, 3.63) is 23.3 Å². The number of amides is 2. The standard InChI is InChI=1S/C16H24N4O2/c1-11-9-14(6-7-15(22)17-3)19-16(18-11)13-5-4-8-20(10-13)12(2)21/h9,13H,4-8,10H2,1-3H3,(H,17,22)/t13-/m1/s1. The minimum atomic E-state index is 0.0123. The van der Waals surface area contributed by atoms with Crippen LogP contribution in [0.2, 0.25) is 0 Å². The highest BCUT2D eigenvalue weighted by molar-refractivity contribution is 5.75. The summed E-state index contributed by atoms with van der Waals surface area (Å²) in [6.45, 7) is 5.06. The molecule has 0 aromatic carbocycles. The average molecular weight is 304 g/mol. The molecule has 2 rings (SSSR count). The lowest BCUT2D eigenvalue weighted by Crippen LogP contribution is -2.38. The lowest BCUT2D eigenvalue weighted by molar-refractivity contribution is -0.130. The van der Waals surface area contributed by atoms with E-state index < -0.39 is 0 Å². The maximum atomic E-state index is 11.6. The zero-order chi connectivity index (χ0) is 16.1. The predicted molar refractivity (Wildman–Crippen MR) is 83.4 cm³/mol. The number of hydrogen-bond acceptors (Lipinski definition) is 4. The molecule has 1 N–H and O–H groups in total. The number of aryl methyl sites for hydroxylation is 2. The molecule has 0 spiro atoms. The highest BCUT2D eigenvalue weighted by Crippen LogP contribution is 2.25. The Morgan fingerprint density at radius 2 is 2.18 bits per heavy atom. The molecule has 0 bridgehead atoms. The van der Waals surface area contributed by atoms with E-state index in [4.69, 9.17) is 0 Å². The summed E-state index contributed by atoms with van der Waals surface area (Å²) >= 11 is 0. The number of nitrogens with one attached hydrogen (secondary N) is 1. The van der Waals surface area contributed by atoms with Gasteiger partial charge in [0.15, 0.2) is 0 Å². The van der Waals surface area contributed by atoms with Crippen LogP contribution in [0.25, 0.3) is 0 Å². The summed E-state index contributed by atoms with van der Waals surface area (Å²) in [7, 11) is 1.64. The van der Waals surface area contributed by atoms with Crippen molar-refractivity contribution in [2.45, 2.75) is 45.4 Å². The van der Waals surface area contributed by atoms with Gasteiger partial charge in [-0.2, -0.15) is 0 Å². The van der Waals surface area contributed by atoms with E-state index in [2.05, 4.69) is 15.3 Å². The molecule has 22 heavy (non-hydrogen) atoms. The zero-order valence-electron chi connectivity index (χ0n) is 13.6. The molecule has 1 aliphatic rings. The van der Waals surface area contributed by atoms with Crippen molar-refractivity contribution in [2.75, 3.05) is 20.1 Å². The fraction of sp³-hybridized carbons (Fsp3) is 0.625. The number of piperidine rings is 1. The second-order valence-electron chi connectivity index (χ2n) is 5.84. The van der Waals surface area contributed by atoms with Gasteiger partial charge < -0.3 is 10.2 Å². The van der Waals surface area contributed by atoms with Crippen LogP contribution in [-0.2, 0) is 16.0 Å². The molecule has 1 fully saturated rings. The van der Waals surface area contributed by atoms with Crippen molar-refractivity contribution < 1.29 is 9.59 Å². The van der Waals surface area contributed by atoms with E-state index in [-0.39, 0.29) is 17.7 Å². The van der Waals surface area contributed by atoms with Gasteiger partial charge in [0.1, 0.15) is 5.82 Å². The average Bonchev–Trinajstić information content (AvgIpc) is 2.52. The maximum absolute atomic E-state index is 11.6. The quantitative estimate of drug-likeness (QED) is 0.906. The third kappa shape index (κ3) is 4.26. The van der Waals surface area contributed by atoms with E-state index in [1.807, 2.05) is 17.9 Å². The first-order valence-electron chi connectivity index (χ1n) is 7.80. The molecule has 0 aliphatic carbocycles. The minimum absolute atomic E-state index is 0.0123. The molecule has 6 nitrogen and oxygen atoms in total. The van der Waals surface area contributed by atoms with E-state index in [0.29, 0.717) is 19.4 Å². The summed E-state index contributed by atoms with van der Waals surface area (Å²) in [4.78, 5) is 34.0. The Kier molecular flexibility index (Phi) is 5.46. The van der Waals surface area contributed by atoms with Crippen LogP contribution in [0, 0.1) is 6.92 Å². The Balaban J connectivity index is 2.11. The molecule has 0 radical (unpaired) electrons. The molecule has 0 saturated carbocycles. The monoisotopic (exact) mass is 304 g/mol. The SMILES string of the molecule is CNC(=O)CCc1cc(C)nc([C@@H]2CCCN(C(C)=O)C2)n1. The number of carbonyl (C=O) groups excluding carboxylic acids is 2. The van der Waals surface area contributed by atoms with E-state index >= 15 is 0 Å². The van der Waals surface area contributed by atoms with E-state index in [1.165, 1.54) is 0 Å². The summed E-state index contributed by atoms with van der Waals surface area (Å²) in [5, 5.41) is 2.62. The van der Waals surface area contributed by atoms with E-state index in [9.17, 15) is 9.59 Å². The van der Waals surface area contributed by atoms with Gasteiger partial charge in [0.2, 0.25) is 11.8 Å². The first-order valence-corrected chi connectivity index (χ1v) is 7.80. The number of carbonyl (C=O) groups is 2. The Labute approximate surface area is 131 Å². The fourth-order valence-electron chi connectivity index (χ4n) is 2.81. The van der Waals surface area contributed by atoms with Crippen molar-refractivity contribution >= 4 is 11.8 Å². The Morgan fingerprint density at radius 1 is 1.41 bits per heavy atom. The third-order valence-corrected chi connectivity index (χ3v) is 4.04. The molecule has 1 atom stereocenters. The molecule has 0 unspecified atom stereocenters. The van der Waals surface area contributed by atoms with Crippen LogP contribution in [-0.4, -0.2) is 46.8 Å². The molecule has 1 aliphatic heterocycles. The lowest BCUT2D eigenvalue weighted by atomic mass is 9.96. The number of hydrogen-bond donors (Lipinski definition) is 1. The summed E-state index contributed by atoms with van der Waals surface area (Å²) in [6.07, 6.45) is 3.02. The number of likely N-dealkylation sites (tertiary alicyclic amines) is 1. The van der Waals surface area contributed by atoms with Gasteiger partial charge in [-0.1, -0.05) is 0 Å². The van der Waals surface area contributed by atoms with Gasteiger partial charge in [-0.3, -0.25) is 9.59 Å². The lowest BCUT2D eigenvalue weighted by Gasteiger charge is -2.31. The number of rotatable bonds is 4. The van der Waals surface area contributed by atoms with Gasteiger partial charge in [-0.15, -0.1) is 0 Å². The molecule has 2 heterocycles. The van der Waals surface area contributed by atoms with Crippen LogP contribution >= 0.6 is 0 Å². The van der Waals surface area contributed by atoms with Crippen LogP contribution in [0.5, 0.6) is 0 Å². The highest BCUT2D eigenvalue weighted by Gasteiger charge is 2.25. The zero-order valence-corrected chi connectivity index (χ0v) is 13.6. The van der Waals surface area contributed by atoms with Crippen molar-refractivity contribution in [1.29, 1.82) is 0 Å². The first kappa shape index (κ1) is 16.4. The molecule has 1 aromatic heterocycles. The molecule has 120 valence electrons. The van der Waals surface area contributed by atoms with Gasteiger partial charge in [0, 0.05) is 50.8 Å². The molecule has 2 amide bonds. The number of nitrogens with zero attached hydrogens (tertiary/aromatic N) is 3. The van der Waals surface area contributed by atoms with Crippen molar-refractivity contribution in [1.82, 2.24) is 20.2 Å². The normalized spacial score (nSPS) is 18.1. The topological polar surface area (TPSA) is 75.2 Å². The Hall–Kier alpha value is -1.98. The van der Waals surface area contributed by atoms with Gasteiger partial charge in [0.05, 0.1) is 0 Å². The second kappa shape index (κ2) is 7.33. The van der Waals surface area contributed by atoms with Crippen LogP contribution in [0.3, 0.4) is 0 Å². The summed E-state index contributed by atoms with van der Waals surface area (Å²) < 4.78 is 0. The van der Waals surface area contributed by atoms with Crippen LogP contribution in [0.1, 0.15) is 49.3 Å². The molecular formula is C16H24N4O2. The third-order valence-electron chi connectivity index (χ3n) is 4.04. The fourth-order valence-corrected chi connectivity index (χ4v) is 2.81. The van der Waals surface area contributed by atoms with Crippen LogP contribution < -0.4 is 5.32 Å². The van der Waals surface area contributed by atoms with E-state index in [0.717, 1.165) is 36.6 Å². The van der Waals surface area contributed by atoms with Gasteiger partial charge >= 0.3 is 0 Å². The smallest absolute Gasteiger partial charge is 0.220 e. The molecule has 6 heteroatoms. The summed E-state index contributed by atoms with van der Waals surface area (Å²) in [6, 6.07) is 1.93. The van der Waals surface area contributed by atoms with Gasteiger partial charge in [0.25, 0.3) is 0 Å². The first-order chi connectivity index (χ1) is 10.5. The van der Waals surface area contributed by atoms with E-state index in [1.54, 1.807) is 14.0 Å². The van der Waals surface area contributed by atoms with Gasteiger partial charge in [-0.05, 0) is 32.3 Å². The van der Waals surface area contributed by atoms with Crippen molar-refractivity contribution in [3.8, 4) is 0 Å². The van der Waals surface area contributed by atoms with Crippen LogP contribution in [0.15, 0.2) is 6.07 Å². The molecule has 1 aromatic rings. The minimum Gasteiger partial charge on any atom is -0.359 e. The Bertz CT molecular complexity index is 559. The summed E-state index contributed by atoms with van der Waals surface area (Å²) in [5.74, 6) is 1.12.